The lowest BCUT2D eigenvalue weighted by Gasteiger charge is -2.20. The first kappa shape index (κ1) is 17.1. The number of aliphatic hydroxyl groups excluding tert-OH is 1. The van der Waals surface area contributed by atoms with Crippen LogP contribution in [0.25, 0.3) is 16.6 Å². The Balaban J connectivity index is 1.75. The van der Waals surface area contributed by atoms with E-state index >= 15 is 0 Å². The zero-order valence-electron chi connectivity index (χ0n) is 14.2. The maximum Gasteiger partial charge on any atom is 0.416 e. The number of imidazole rings is 1. The second-order valence-corrected chi connectivity index (χ2v) is 6.29. The Bertz CT molecular complexity index is 1100. The van der Waals surface area contributed by atoms with E-state index < -0.39 is 11.7 Å². The number of rotatable bonds is 2. The third kappa shape index (κ3) is 2.73. The van der Waals surface area contributed by atoms with Gasteiger partial charge in [-0.25, -0.2) is 4.98 Å². The fourth-order valence-corrected chi connectivity index (χ4v) is 3.25. The molecule has 0 spiro atoms. The molecule has 2 aromatic carbocycles. The monoisotopic (exact) mass is 372 g/mol. The van der Waals surface area contributed by atoms with Crippen molar-refractivity contribution >= 4 is 28.1 Å². The van der Waals surface area contributed by atoms with E-state index in [1.165, 1.54) is 17.0 Å². The second-order valence-electron chi connectivity index (χ2n) is 6.29. The van der Waals surface area contributed by atoms with Crippen LogP contribution in [-0.2, 0) is 13.2 Å². The fraction of sp³-hybridized carbons (Fsp3) is 0.158. The van der Waals surface area contributed by atoms with Crippen molar-refractivity contribution in [1.82, 2.24) is 9.55 Å². The predicted molar refractivity (Wildman–Crippen MR) is 96.8 cm³/mol. The van der Waals surface area contributed by atoms with Gasteiger partial charge in [0, 0.05) is 12.7 Å². The number of benzene rings is 2. The van der Waals surface area contributed by atoms with Gasteiger partial charge in [0.05, 0.1) is 28.7 Å². The highest BCUT2D eigenvalue weighted by atomic mass is 19.4. The van der Waals surface area contributed by atoms with E-state index in [0.29, 0.717) is 11.3 Å². The Labute approximate surface area is 152 Å². The number of alkyl halides is 3. The highest BCUT2D eigenvalue weighted by Crippen LogP contribution is 2.35. The molecule has 0 saturated heterocycles. The predicted octanol–water partition coefficient (Wildman–Crippen LogP) is 4.36. The van der Waals surface area contributed by atoms with Gasteiger partial charge in [0.1, 0.15) is 17.4 Å². The van der Waals surface area contributed by atoms with E-state index in [9.17, 15) is 18.3 Å². The van der Waals surface area contributed by atoms with Gasteiger partial charge >= 0.3 is 6.18 Å². The molecule has 0 radical (unpaired) electrons. The number of para-hydroxylation sites is 2. The molecule has 3 aromatic rings. The van der Waals surface area contributed by atoms with Crippen molar-refractivity contribution in [2.24, 2.45) is 7.05 Å². The van der Waals surface area contributed by atoms with Crippen LogP contribution in [0.5, 0.6) is 0 Å². The fourth-order valence-electron chi connectivity index (χ4n) is 3.25. The number of amidine groups is 1. The molecule has 2 heterocycles. The van der Waals surface area contributed by atoms with Crippen LogP contribution in [0, 0.1) is 5.41 Å². The summed E-state index contributed by atoms with van der Waals surface area (Å²) in [5.41, 5.74) is 1.14. The number of hydrogen-bond acceptors (Lipinski definition) is 3. The van der Waals surface area contributed by atoms with Gasteiger partial charge in [-0.3, -0.25) is 5.41 Å². The molecule has 4 rings (SSSR count). The van der Waals surface area contributed by atoms with Crippen molar-refractivity contribution in [3.8, 4) is 0 Å². The molecule has 8 heteroatoms. The van der Waals surface area contributed by atoms with Gasteiger partial charge in [0.2, 0.25) is 0 Å². The highest BCUT2D eigenvalue weighted by molar-refractivity contribution is 6.30. The number of aromatic nitrogens is 2. The first-order valence-corrected chi connectivity index (χ1v) is 8.15. The molecule has 138 valence electrons. The van der Waals surface area contributed by atoms with Crippen molar-refractivity contribution < 1.29 is 18.3 Å². The summed E-state index contributed by atoms with van der Waals surface area (Å²) in [6.07, 6.45) is -4.48. The molecule has 0 atom stereocenters. The number of aryl methyl sites for hydroxylation is 1. The third-order valence-electron chi connectivity index (χ3n) is 4.60. The number of nitrogens with one attached hydrogen (secondary N) is 1. The van der Waals surface area contributed by atoms with Gasteiger partial charge < -0.3 is 14.6 Å². The Morgan fingerprint density at radius 3 is 2.56 bits per heavy atom. The number of fused-ring (bicyclic) bond motifs is 1. The molecule has 1 aromatic heterocycles. The van der Waals surface area contributed by atoms with Gasteiger partial charge in [0.25, 0.3) is 0 Å². The lowest BCUT2D eigenvalue weighted by Crippen LogP contribution is -2.26. The maximum atomic E-state index is 13.0. The number of aliphatic hydroxyl groups is 1. The van der Waals surface area contributed by atoms with Gasteiger partial charge in [0.15, 0.2) is 0 Å². The first-order valence-electron chi connectivity index (χ1n) is 8.15. The zero-order valence-corrected chi connectivity index (χ0v) is 14.2. The van der Waals surface area contributed by atoms with Gasteiger partial charge in [-0.05, 0) is 30.3 Å². The molecule has 0 unspecified atom stereocenters. The van der Waals surface area contributed by atoms with Crippen LogP contribution in [0.3, 0.4) is 0 Å². The SMILES string of the molecule is Cn1c(C2=C(O)CN(c3cccc(C(F)(F)F)c3)C2=N)nc2ccccc21. The number of nitrogens with zero attached hydrogens (tertiary/aromatic N) is 3. The first-order chi connectivity index (χ1) is 12.8. The summed E-state index contributed by atoms with van der Waals surface area (Å²) in [5, 5.41) is 18.9. The summed E-state index contributed by atoms with van der Waals surface area (Å²) < 4.78 is 40.7. The third-order valence-corrected chi connectivity index (χ3v) is 4.60. The minimum Gasteiger partial charge on any atom is -0.509 e. The smallest absolute Gasteiger partial charge is 0.416 e. The van der Waals surface area contributed by atoms with Crippen LogP contribution >= 0.6 is 0 Å². The van der Waals surface area contributed by atoms with E-state index in [-0.39, 0.29) is 29.4 Å². The van der Waals surface area contributed by atoms with Crippen molar-refractivity contribution in [1.29, 1.82) is 5.41 Å². The van der Waals surface area contributed by atoms with Crippen LogP contribution in [0.15, 0.2) is 54.3 Å². The van der Waals surface area contributed by atoms with Gasteiger partial charge in [-0.1, -0.05) is 18.2 Å². The molecular weight excluding hydrogens is 357 g/mol. The summed E-state index contributed by atoms with van der Waals surface area (Å²) in [7, 11) is 1.77. The van der Waals surface area contributed by atoms with Crippen molar-refractivity contribution in [3.63, 3.8) is 0 Å². The topological polar surface area (TPSA) is 65.1 Å². The summed E-state index contributed by atoms with van der Waals surface area (Å²) >= 11 is 0. The Morgan fingerprint density at radius 2 is 1.85 bits per heavy atom. The van der Waals surface area contributed by atoms with Gasteiger partial charge in [-0.2, -0.15) is 13.2 Å². The lowest BCUT2D eigenvalue weighted by atomic mass is 10.1. The minimum atomic E-state index is -4.48. The Hall–Kier alpha value is -3.29. The molecule has 0 bridgehead atoms. The second kappa shape index (κ2) is 5.87. The van der Waals surface area contributed by atoms with Crippen molar-refractivity contribution in [3.05, 3.63) is 65.7 Å². The molecule has 2 N–H and O–H groups in total. The zero-order chi connectivity index (χ0) is 19.3. The van der Waals surface area contributed by atoms with Crippen LogP contribution in [-0.4, -0.2) is 27.0 Å². The standard InChI is InChI=1S/C19H15F3N4O/c1-25-14-8-3-2-7-13(14)24-18(25)16-15(27)10-26(17(16)23)12-6-4-5-11(9-12)19(20,21)22/h2-9,23,27H,10H2,1H3. The largest absolute Gasteiger partial charge is 0.509 e. The van der Waals surface area contributed by atoms with E-state index in [4.69, 9.17) is 5.41 Å². The van der Waals surface area contributed by atoms with E-state index in [1.54, 1.807) is 11.6 Å². The Kier molecular flexibility index (Phi) is 3.73. The number of anilines is 1. The number of hydrogen-bond donors (Lipinski definition) is 2. The Morgan fingerprint density at radius 1 is 1.11 bits per heavy atom. The molecule has 0 amide bonds. The molecule has 1 aliphatic heterocycles. The average molecular weight is 372 g/mol. The number of halogens is 3. The molecule has 5 nitrogen and oxygen atoms in total. The summed E-state index contributed by atoms with van der Waals surface area (Å²) in [6, 6.07) is 12.1. The van der Waals surface area contributed by atoms with Crippen molar-refractivity contribution in [2.75, 3.05) is 11.4 Å². The van der Waals surface area contributed by atoms with E-state index in [0.717, 1.165) is 17.6 Å². The van der Waals surface area contributed by atoms with Crippen LogP contribution in [0.1, 0.15) is 11.4 Å². The molecule has 0 aliphatic carbocycles. The summed E-state index contributed by atoms with van der Waals surface area (Å²) in [5.74, 6) is 0.203. The molecular formula is C19H15F3N4O. The molecule has 27 heavy (non-hydrogen) atoms. The van der Waals surface area contributed by atoms with Crippen LogP contribution in [0.4, 0.5) is 18.9 Å². The van der Waals surface area contributed by atoms with Crippen molar-refractivity contribution in [2.45, 2.75) is 6.18 Å². The average Bonchev–Trinajstić information content (AvgIpc) is 3.11. The van der Waals surface area contributed by atoms with Crippen LogP contribution in [0.2, 0.25) is 0 Å². The highest BCUT2D eigenvalue weighted by Gasteiger charge is 2.35. The maximum absolute atomic E-state index is 13.0. The van der Waals surface area contributed by atoms with E-state index in [2.05, 4.69) is 4.98 Å². The quantitative estimate of drug-likeness (QED) is 0.703. The van der Waals surface area contributed by atoms with Crippen LogP contribution < -0.4 is 4.90 Å². The lowest BCUT2D eigenvalue weighted by molar-refractivity contribution is -0.137. The molecule has 1 aliphatic rings. The molecule has 0 saturated carbocycles. The summed E-state index contributed by atoms with van der Waals surface area (Å²) in [4.78, 5) is 5.81. The van der Waals surface area contributed by atoms with Gasteiger partial charge in [-0.15, -0.1) is 0 Å². The van der Waals surface area contributed by atoms with E-state index in [1.807, 2.05) is 24.3 Å². The minimum absolute atomic E-state index is 0.0846. The summed E-state index contributed by atoms with van der Waals surface area (Å²) in [6.45, 7) is -0.0846. The molecule has 0 fully saturated rings. The normalized spacial score (nSPS) is 15.3.